The quantitative estimate of drug-likeness (QED) is 0.620. The number of aliphatic hydroxyl groups excluding tert-OH is 1. The van der Waals surface area contributed by atoms with Gasteiger partial charge < -0.3 is 5.11 Å². The third-order valence-electron chi connectivity index (χ3n) is 3.38. The highest BCUT2D eigenvalue weighted by Crippen LogP contribution is 2.49. The molecule has 3 atom stereocenters. The van der Waals surface area contributed by atoms with Crippen molar-refractivity contribution in [1.82, 2.24) is 0 Å². The molecule has 0 aliphatic heterocycles. The van der Waals surface area contributed by atoms with Gasteiger partial charge in [-0.1, -0.05) is 6.42 Å². The summed E-state index contributed by atoms with van der Waals surface area (Å²) in [6.45, 7) is 0.411. The van der Waals surface area contributed by atoms with E-state index in [1.807, 2.05) is 0 Å². The molecule has 2 bridgehead atoms. The number of rotatable bonds is 2. The normalized spacial score (nSPS) is 44.7. The first kappa shape index (κ1) is 6.66. The van der Waals surface area contributed by atoms with Gasteiger partial charge in [-0.05, 0) is 43.4 Å². The fourth-order valence-corrected chi connectivity index (χ4v) is 2.90. The van der Waals surface area contributed by atoms with Gasteiger partial charge in [0.05, 0.1) is 0 Å². The highest BCUT2D eigenvalue weighted by molar-refractivity contribution is 4.89. The third-order valence-corrected chi connectivity index (χ3v) is 3.38. The lowest BCUT2D eigenvalue weighted by atomic mass is 9.87. The topological polar surface area (TPSA) is 20.2 Å². The van der Waals surface area contributed by atoms with E-state index in [0.29, 0.717) is 6.61 Å². The molecule has 0 unspecified atom stereocenters. The molecule has 0 aromatic heterocycles. The maximum absolute atomic E-state index is 8.75. The van der Waals surface area contributed by atoms with Gasteiger partial charge in [0.2, 0.25) is 0 Å². The summed E-state index contributed by atoms with van der Waals surface area (Å²) < 4.78 is 0. The molecule has 1 nitrogen and oxygen atoms in total. The van der Waals surface area contributed by atoms with Crippen LogP contribution in [-0.2, 0) is 0 Å². The molecule has 58 valence electrons. The van der Waals surface area contributed by atoms with Gasteiger partial charge in [-0.3, -0.25) is 0 Å². The smallest absolute Gasteiger partial charge is 0.0433 e. The zero-order chi connectivity index (χ0) is 6.97. The minimum Gasteiger partial charge on any atom is -0.396 e. The summed E-state index contributed by atoms with van der Waals surface area (Å²) in [5, 5.41) is 8.75. The average molecular weight is 140 g/mol. The SMILES string of the molecule is OCC[C@H]1C[C@H]2CC[C@H]1C2. The summed E-state index contributed by atoms with van der Waals surface area (Å²) in [6.07, 6.45) is 6.90. The fourth-order valence-electron chi connectivity index (χ4n) is 2.90. The van der Waals surface area contributed by atoms with E-state index in [1.54, 1.807) is 0 Å². The van der Waals surface area contributed by atoms with Gasteiger partial charge in [0, 0.05) is 6.61 Å². The molecular formula is C9H16O. The molecule has 0 amide bonds. The fraction of sp³-hybridized carbons (Fsp3) is 1.00. The first-order chi connectivity index (χ1) is 4.90. The molecule has 2 saturated carbocycles. The molecule has 0 radical (unpaired) electrons. The second kappa shape index (κ2) is 2.54. The van der Waals surface area contributed by atoms with E-state index in [0.717, 1.165) is 24.2 Å². The number of hydrogen-bond donors (Lipinski definition) is 1. The molecular weight excluding hydrogens is 124 g/mol. The van der Waals surface area contributed by atoms with E-state index in [2.05, 4.69) is 0 Å². The van der Waals surface area contributed by atoms with Gasteiger partial charge in [-0.2, -0.15) is 0 Å². The van der Waals surface area contributed by atoms with Crippen molar-refractivity contribution >= 4 is 0 Å². The van der Waals surface area contributed by atoms with Gasteiger partial charge in [0.15, 0.2) is 0 Å². The second-order valence-electron chi connectivity index (χ2n) is 3.95. The van der Waals surface area contributed by atoms with Crippen LogP contribution < -0.4 is 0 Å². The van der Waals surface area contributed by atoms with Crippen molar-refractivity contribution in [3.05, 3.63) is 0 Å². The number of hydrogen-bond acceptors (Lipinski definition) is 1. The van der Waals surface area contributed by atoms with Crippen LogP contribution >= 0.6 is 0 Å². The zero-order valence-corrected chi connectivity index (χ0v) is 6.42. The van der Waals surface area contributed by atoms with Gasteiger partial charge in [-0.15, -0.1) is 0 Å². The molecule has 1 N–H and O–H groups in total. The monoisotopic (exact) mass is 140 g/mol. The highest BCUT2D eigenvalue weighted by Gasteiger charge is 2.38. The summed E-state index contributed by atoms with van der Waals surface area (Å²) in [5.41, 5.74) is 0. The van der Waals surface area contributed by atoms with Crippen LogP contribution in [0, 0.1) is 17.8 Å². The molecule has 0 spiro atoms. The van der Waals surface area contributed by atoms with Gasteiger partial charge in [-0.25, -0.2) is 0 Å². The Bertz CT molecular complexity index is 122. The summed E-state index contributed by atoms with van der Waals surface area (Å²) in [5.74, 6) is 2.93. The Morgan fingerprint density at radius 3 is 2.60 bits per heavy atom. The highest BCUT2D eigenvalue weighted by atomic mass is 16.3. The first-order valence-corrected chi connectivity index (χ1v) is 4.51. The van der Waals surface area contributed by atoms with Crippen molar-refractivity contribution in [2.45, 2.75) is 32.1 Å². The molecule has 0 saturated heterocycles. The molecule has 2 rings (SSSR count). The Morgan fingerprint density at radius 1 is 1.20 bits per heavy atom. The van der Waals surface area contributed by atoms with E-state index < -0.39 is 0 Å². The van der Waals surface area contributed by atoms with Crippen LogP contribution in [0.4, 0.5) is 0 Å². The van der Waals surface area contributed by atoms with Gasteiger partial charge in [0.1, 0.15) is 0 Å². The average Bonchev–Trinajstić information content (AvgIpc) is 2.48. The van der Waals surface area contributed by atoms with Crippen LogP contribution in [0.15, 0.2) is 0 Å². The Hall–Kier alpha value is -0.0400. The molecule has 0 aromatic carbocycles. The van der Waals surface area contributed by atoms with Crippen LogP contribution in [0.1, 0.15) is 32.1 Å². The van der Waals surface area contributed by atoms with Crippen LogP contribution in [0.5, 0.6) is 0 Å². The Morgan fingerprint density at radius 2 is 2.10 bits per heavy atom. The minimum atomic E-state index is 0.411. The van der Waals surface area contributed by atoms with Gasteiger partial charge >= 0.3 is 0 Å². The van der Waals surface area contributed by atoms with Crippen LogP contribution in [0.25, 0.3) is 0 Å². The molecule has 2 fully saturated rings. The third kappa shape index (κ3) is 0.968. The lowest BCUT2D eigenvalue weighted by Gasteiger charge is -2.19. The predicted molar refractivity (Wildman–Crippen MR) is 40.6 cm³/mol. The lowest BCUT2D eigenvalue weighted by Crippen LogP contribution is -2.11. The first-order valence-electron chi connectivity index (χ1n) is 4.51. The van der Waals surface area contributed by atoms with Crippen molar-refractivity contribution in [2.24, 2.45) is 17.8 Å². The molecule has 0 aromatic rings. The van der Waals surface area contributed by atoms with Crippen LogP contribution in [-0.4, -0.2) is 11.7 Å². The Kier molecular flexibility index (Phi) is 1.69. The standard InChI is InChI=1S/C9H16O/c10-4-3-9-6-7-1-2-8(9)5-7/h7-10H,1-6H2/t7-,8-,9-/m0/s1. The van der Waals surface area contributed by atoms with E-state index in [1.165, 1.54) is 25.7 Å². The molecule has 10 heavy (non-hydrogen) atoms. The van der Waals surface area contributed by atoms with E-state index in [4.69, 9.17) is 5.11 Å². The van der Waals surface area contributed by atoms with Crippen molar-refractivity contribution < 1.29 is 5.11 Å². The van der Waals surface area contributed by atoms with Crippen LogP contribution in [0.2, 0.25) is 0 Å². The largest absolute Gasteiger partial charge is 0.396 e. The maximum atomic E-state index is 8.75. The van der Waals surface area contributed by atoms with Crippen molar-refractivity contribution in [3.8, 4) is 0 Å². The predicted octanol–water partition coefficient (Wildman–Crippen LogP) is 1.80. The van der Waals surface area contributed by atoms with Crippen molar-refractivity contribution in [1.29, 1.82) is 0 Å². The molecule has 1 heteroatoms. The Balaban J connectivity index is 1.90. The number of fused-ring (bicyclic) bond motifs is 2. The molecule has 2 aliphatic carbocycles. The molecule has 0 heterocycles. The zero-order valence-electron chi connectivity index (χ0n) is 6.42. The van der Waals surface area contributed by atoms with Crippen LogP contribution in [0.3, 0.4) is 0 Å². The maximum Gasteiger partial charge on any atom is 0.0433 e. The summed E-state index contributed by atoms with van der Waals surface area (Å²) in [6, 6.07) is 0. The summed E-state index contributed by atoms with van der Waals surface area (Å²) >= 11 is 0. The summed E-state index contributed by atoms with van der Waals surface area (Å²) in [4.78, 5) is 0. The molecule has 2 aliphatic rings. The van der Waals surface area contributed by atoms with E-state index >= 15 is 0 Å². The Labute approximate surface area is 62.4 Å². The van der Waals surface area contributed by atoms with Crippen molar-refractivity contribution in [2.75, 3.05) is 6.61 Å². The number of aliphatic hydroxyl groups is 1. The van der Waals surface area contributed by atoms with Gasteiger partial charge in [0.25, 0.3) is 0 Å². The van der Waals surface area contributed by atoms with E-state index in [-0.39, 0.29) is 0 Å². The lowest BCUT2D eigenvalue weighted by molar-refractivity contribution is 0.219. The minimum absolute atomic E-state index is 0.411. The second-order valence-corrected chi connectivity index (χ2v) is 3.95. The van der Waals surface area contributed by atoms with E-state index in [9.17, 15) is 0 Å². The van der Waals surface area contributed by atoms with Crippen molar-refractivity contribution in [3.63, 3.8) is 0 Å². The summed E-state index contributed by atoms with van der Waals surface area (Å²) in [7, 11) is 0.